The molecule has 0 aromatic carbocycles. The molecule has 3 heteroatoms. The fourth-order valence-electron chi connectivity index (χ4n) is 1.02. The maximum absolute atomic E-state index is 9.67. The Morgan fingerprint density at radius 1 is 1.17 bits per heavy atom. The summed E-state index contributed by atoms with van der Waals surface area (Å²) >= 11 is 1.32. The summed E-state index contributed by atoms with van der Waals surface area (Å²) in [6, 6.07) is 0. The third kappa shape index (κ3) is 9.73. The second kappa shape index (κ2) is 10.7. The number of hydrogen-bond acceptors (Lipinski definition) is 3. The molecule has 0 bridgehead atoms. The van der Waals surface area contributed by atoms with Gasteiger partial charge in [-0.25, -0.2) is 4.79 Å². The van der Waals surface area contributed by atoms with E-state index in [1.807, 2.05) is 0 Å². The third-order valence-electron chi connectivity index (χ3n) is 1.69. The van der Waals surface area contributed by atoms with Crippen molar-refractivity contribution in [2.75, 3.05) is 5.75 Å². The predicted octanol–water partition coefficient (Wildman–Crippen LogP) is 3.33. The first-order valence-electron chi connectivity index (χ1n) is 4.61. The van der Waals surface area contributed by atoms with Crippen molar-refractivity contribution in [3.05, 3.63) is 0 Å². The van der Waals surface area contributed by atoms with Crippen LogP contribution in [0.15, 0.2) is 4.40 Å². The summed E-state index contributed by atoms with van der Waals surface area (Å²) in [5.74, 6) is 0.960. The highest BCUT2D eigenvalue weighted by Gasteiger charge is 1.89. The van der Waals surface area contributed by atoms with E-state index in [0.717, 1.165) is 5.75 Å². The molecule has 0 rings (SSSR count). The van der Waals surface area contributed by atoms with Gasteiger partial charge in [0.25, 0.3) is 0 Å². The van der Waals surface area contributed by atoms with Crippen LogP contribution in [0, 0.1) is 0 Å². The molecule has 0 saturated carbocycles. The summed E-state index contributed by atoms with van der Waals surface area (Å²) in [5, 5.41) is 0. The molecule has 12 heavy (non-hydrogen) atoms. The van der Waals surface area contributed by atoms with Crippen LogP contribution in [0.2, 0.25) is 0 Å². The number of rotatable bonds is 8. The largest absolute Gasteiger partial charge is 0.247 e. The van der Waals surface area contributed by atoms with E-state index >= 15 is 0 Å². The van der Waals surface area contributed by atoms with E-state index in [1.54, 1.807) is 0 Å². The summed E-state index contributed by atoms with van der Waals surface area (Å²) in [4.78, 5) is 9.67. The molecule has 0 aromatic rings. The van der Waals surface area contributed by atoms with Crippen molar-refractivity contribution in [3.8, 4) is 0 Å². The van der Waals surface area contributed by atoms with Crippen LogP contribution in [-0.4, -0.2) is 11.8 Å². The molecule has 0 saturated heterocycles. The molecule has 0 heterocycles. The van der Waals surface area contributed by atoms with Gasteiger partial charge in [0.05, 0.1) is 0 Å². The lowest BCUT2D eigenvalue weighted by atomic mass is 10.1. The molecule has 70 valence electrons. The molecule has 0 radical (unpaired) electrons. The molecule has 0 N–H and O–H groups in total. The van der Waals surface area contributed by atoms with Gasteiger partial charge in [-0.1, -0.05) is 39.0 Å². The van der Waals surface area contributed by atoms with Crippen LogP contribution >= 0.6 is 11.9 Å². The second-order valence-electron chi connectivity index (χ2n) is 2.78. The average Bonchev–Trinajstić information content (AvgIpc) is 2.10. The van der Waals surface area contributed by atoms with Gasteiger partial charge in [0, 0.05) is 5.75 Å². The quantitative estimate of drug-likeness (QED) is 0.252. The summed E-state index contributed by atoms with van der Waals surface area (Å²) in [6.45, 7) is 2.22. The average molecular weight is 187 g/mol. The molecule has 0 unspecified atom stereocenters. The zero-order valence-electron chi connectivity index (χ0n) is 7.71. The van der Waals surface area contributed by atoms with Crippen LogP contribution < -0.4 is 0 Å². The minimum atomic E-state index is 0.960. The molecule has 0 spiro atoms. The number of isocyanates is 1. The first kappa shape index (κ1) is 11.7. The molecule has 0 aromatic heterocycles. The number of carbonyl (C=O) groups excluding carboxylic acids is 1. The van der Waals surface area contributed by atoms with Crippen molar-refractivity contribution in [2.24, 2.45) is 4.40 Å². The Bertz CT molecular complexity index is 132. The Balaban J connectivity index is 2.86. The lowest BCUT2D eigenvalue weighted by molar-refractivity contribution is 0.566. The van der Waals surface area contributed by atoms with E-state index in [9.17, 15) is 4.79 Å². The molecule has 2 nitrogen and oxygen atoms in total. The fourth-order valence-corrected chi connectivity index (χ4v) is 1.50. The standard InChI is InChI=1S/C9H17NOS/c1-2-3-4-5-6-7-8-12-10-9-11/h2-8H2,1H3. The van der Waals surface area contributed by atoms with Crippen LogP contribution in [-0.2, 0) is 4.79 Å². The summed E-state index contributed by atoms with van der Waals surface area (Å²) in [6.07, 6.45) is 9.26. The zero-order chi connectivity index (χ0) is 9.07. The van der Waals surface area contributed by atoms with E-state index in [0.29, 0.717) is 0 Å². The van der Waals surface area contributed by atoms with Gasteiger partial charge < -0.3 is 0 Å². The molecular weight excluding hydrogens is 170 g/mol. The first-order chi connectivity index (χ1) is 5.91. The van der Waals surface area contributed by atoms with Gasteiger partial charge in [-0.15, -0.1) is 4.40 Å². The van der Waals surface area contributed by atoms with Gasteiger partial charge in [-0.2, -0.15) is 0 Å². The smallest absolute Gasteiger partial charge is 0.210 e. The van der Waals surface area contributed by atoms with Gasteiger partial charge in [0.2, 0.25) is 6.08 Å². The minimum absolute atomic E-state index is 0.960. The maximum atomic E-state index is 9.67. The Morgan fingerprint density at radius 2 is 1.83 bits per heavy atom. The SMILES string of the molecule is CCCCCCCCSN=C=O. The Morgan fingerprint density at radius 3 is 2.50 bits per heavy atom. The van der Waals surface area contributed by atoms with Gasteiger partial charge in [0.1, 0.15) is 0 Å². The first-order valence-corrected chi connectivity index (χ1v) is 5.55. The van der Waals surface area contributed by atoms with Crippen molar-refractivity contribution in [1.82, 2.24) is 0 Å². The van der Waals surface area contributed by atoms with Crippen molar-refractivity contribution in [2.45, 2.75) is 45.4 Å². The van der Waals surface area contributed by atoms with Gasteiger partial charge >= 0.3 is 0 Å². The summed E-state index contributed by atoms with van der Waals surface area (Å²) < 4.78 is 3.42. The number of hydrogen-bond donors (Lipinski definition) is 0. The fraction of sp³-hybridized carbons (Fsp3) is 0.889. The monoisotopic (exact) mass is 187 g/mol. The van der Waals surface area contributed by atoms with Crippen molar-refractivity contribution >= 4 is 18.0 Å². The summed E-state index contributed by atoms with van der Waals surface area (Å²) in [7, 11) is 0. The normalized spacial score (nSPS) is 9.42. The van der Waals surface area contributed by atoms with Crippen LogP contribution in [0.25, 0.3) is 0 Å². The lowest BCUT2D eigenvalue weighted by Gasteiger charge is -1.97. The molecule has 0 amide bonds. The van der Waals surface area contributed by atoms with E-state index in [1.165, 1.54) is 56.6 Å². The number of nitrogens with zero attached hydrogens (tertiary/aromatic N) is 1. The van der Waals surface area contributed by atoms with Crippen LogP contribution in [0.4, 0.5) is 0 Å². The molecule has 0 fully saturated rings. The highest BCUT2D eigenvalue weighted by Crippen LogP contribution is 2.09. The topological polar surface area (TPSA) is 29.4 Å². The second-order valence-corrected chi connectivity index (χ2v) is 3.63. The highest BCUT2D eigenvalue weighted by atomic mass is 32.2. The van der Waals surface area contributed by atoms with Crippen LogP contribution in [0.1, 0.15) is 45.4 Å². The van der Waals surface area contributed by atoms with Gasteiger partial charge in [-0.05, 0) is 18.4 Å². The van der Waals surface area contributed by atoms with Crippen molar-refractivity contribution < 1.29 is 4.79 Å². The summed E-state index contributed by atoms with van der Waals surface area (Å²) in [5.41, 5.74) is 0. The molecule has 0 atom stereocenters. The molecule has 0 aliphatic heterocycles. The third-order valence-corrected chi connectivity index (χ3v) is 2.37. The van der Waals surface area contributed by atoms with E-state index in [2.05, 4.69) is 11.3 Å². The Hall–Kier alpha value is -0.270. The van der Waals surface area contributed by atoms with E-state index in [-0.39, 0.29) is 0 Å². The minimum Gasteiger partial charge on any atom is -0.210 e. The van der Waals surface area contributed by atoms with Crippen LogP contribution in [0.3, 0.4) is 0 Å². The molecule has 0 aliphatic rings. The predicted molar refractivity (Wildman–Crippen MR) is 54.0 cm³/mol. The maximum Gasteiger partial charge on any atom is 0.247 e. The number of unbranched alkanes of at least 4 members (excludes halogenated alkanes) is 5. The molecule has 0 aliphatic carbocycles. The Labute approximate surface area is 79.0 Å². The lowest BCUT2D eigenvalue weighted by Crippen LogP contribution is -1.80. The van der Waals surface area contributed by atoms with E-state index < -0.39 is 0 Å². The Kier molecular flexibility index (Phi) is 10.5. The van der Waals surface area contributed by atoms with Crippen molar-refractivity contribution in [3.63, 3.8) is 0 Å². The van der Waals surface area contributed by atoms with E-state index in [4.69, 9.17) is 0 Å². The highest BCUT2D eigenvalue weighted by molar-refractivity contribution is 7.98. The van der Waals surface area contributed by atoms with Gasteiger partial charge in [-0.3, -0.25) is 0 Å². The van der Waals surface area contributed by atoms with Gasteiger partial charge in [0.15, 0.2) is 0 Å². The molecular formula is C9H17NOS. The zero-order valence-corrected chi connectivity index (χ0v) is 8.53. The van der Waals surface area contributed by atoms with Crippen LogP contribution in [0.5, 0.6) is 0 Å². The van der Waals surface area contributed by atoms with Crippen molar-refractivity contribution in [1.29, 1.82) is 0 Å².